The Hall–Kier alpha value is -2.53. The molecule has 0 spiro atoms. The molecular formula is C16H17NO4. The lowest BCUT2D eigenvalue weighted by Crippen LogP contribution is -2.31. The number of ketones is 1. The second-order valence-corrected chi connectivity index (χ2v) is 5.46. The SMILES string of the molecule is CC(C)(N)c1ccccc1C(=O)c1cc(O)c(O)c(O)c1. The number of benzene rings is 2. The number of hydrogen-bond donors (Lipinski definition) is 4. The van der Waals surface area contributed by atoms with Crippen LogP contribution in [0.25, 0.3) is 0 Å². The predicted octanol–water partition coefficient (Wildman–Crippen LogP) is 2.23. The monoisotopic (exact) mass is 287 g/mol. The quantitative estimate of drug-likeness (QED) is 0.512. The number of nitrogens with two attached hydrogens (primary N) is 1. The van der Waals surface area contributed by atoms with Crippen molar-refractivity contribution in [1.29, 1.82) is 0 Å². The summed E-state index contributed by atoms with van der Waals surface area (Å²) in [5.74, 6) is -2.15. The predicted molar refractivity (Wildman–Crippen MR) is 78.5 cm³/mol. The first-order chi connectivity index (χ1) is 9.71. The number of aromatic hydroxyl groups is 3. The van der Waals surface area contributed by atoms with E-state index < -0.39 is 28.6 Å². The fourth-order valence-corrected chi connectivity index (χ4v) is 2.13. The van der Waals surface area contributed by atoms with E-state index in [2.05, 4.69) is 0 Å². The summed E-state index contributed by atoms with van der Waals surface area (Å²) >= 11 is 0. The van der Waals surface area contributed by atoms with E-state index in [1.54, 1.807) is 38.1 Å². The van der Waals surface area contributed by atoms with Crippen molar-refractivity contribution in [3.8, 4) is 17.2 Å². The van der Waals surface area contributed by atoms with Gasteiger partial charge < -0.3 is 21.1 Å². The van der Waals surface area contributed by atoms with E-state index in [4.69, 9.17) is 5.73 Å². The lowest BCUT2D eigenvalue weighted by Gasteiger charge is -2.22. The van der Waals surface area contributed by atoms with Gasteiger partial charge >= 0.3 is 0 Å². The Labute approximate surface area is 122 Å². The molecule has 0 amide bonds. The highest BCUT2D eigenvalue weighted by atomic mass is 16.3. The molecule has 21 heavy (non-hydrogen) atoms. The minimum Gasteiger partial charge on any atom is -0.504 e. The molecule has 0 bridgehead atoms. The second kappa shape index (κ2) is 5.10. The molecule has 0 aromatic heterocycles. The Morgan fingerprint density at radius 2 is 1.57 bits per heavy atom. The summed E-state index contributed by atoms with van der Waals surface area (Å²) < 4.78 is 0. The first-order valence-electron chi connectivity index (χ1n) is 6.40. The summed E-state index contributed by atoms with van der Waals surface area (Å²) in [5.41, 5.74) is 6.46. The van der Waals surface area contributed by atoms with Crippen LogP contribution in [-0.4, -0.2) is 21.1 Å². The summed E-state index contributed by atoms with van der Waals surface area (Å²) in [5, 5.41) is 28.4. The molecule has 0 aliphatic rings. The van der Waals surface area contributed by atoms with Crippen LogP contribution < -0.4 is 5.73 Å². The molecular weight excluding hydrogens is 270 g/mol. The molecule has 0 saturated carbocycles. The third-order valence-corrected chi connectivity index (χ3v) is 3.20. The molecule has 0 unspecified atom stereocenters. The molecule has 2 rings (SSSR count). The number of carbonyl (C=O) groups is 1. The van der Waals surface area contributed by atoms with Crippen LogP contribution in [0.2, 0.25) is 0 Å². The van der Waals surface area contributed by atoms with Gasteiger partial charge in [0.1, 0.15) is 0 Å². The van der Waals surface area contributed by atoms with Crippen LogP contribution in [0.5, 0.6) is 17.2 Å². The largest absolute Gasteiger partial charge is 0.504 e. The Bertz CT molecular complexity index is 679. The number of phenols is 3. The molecule has 0 atom stereocenters. The maximum atomic E-state index is 12.6. The van der Waals surface area contributed by atoms with E-state index >= 15 is 0 Å². The van der Waals surface area contributed by atoms with Crippen LogP contribution in [0, 0.1) is 0 Å². The van der Waals surface area contributed by atoms with Gasteiger partial charge in [0.05, 0.1) is 0 Å². The lowest BCUT2D eigenvalue weighted by molar-refractivity contribution is 0.103. The maximum absolute atomic E-state index is 12.6. The second-order valence-electron chi connectivity index (χ2n) is 5.46. The molecule has 0 radical (unpaired) electrons. The Morgan fingerprint density at radius 3 is 2.10 bits per heavy atom. The van der Waals surface area contributed by atoms with Crippen LogP contribution in [0.15, 0.2) is 36.4 Å². The molecule has 0 heterocycles. The fraction of sp³-hybridized carbons (Fsp3) is 0.188. The maximum Gasteiger partial charge on any atom is 0.200 e. The minimum absolute atomic E-state index is 0.0690. The molecule has 0 aliphatic heterocycles. The fourth-order valence-electron chi connectivity index (χ4n) is 2.13. The van der Waals surface area contributed by atoms with Gasteiger partial charge in [0, 0.05) is 16.7 Å². The van der Waals surface area contributed by atoms with E-state index in [9.17, 15) is 20.1 Å². The molecule has 5 nitrogen and oxygen atoms in total. The topological polar surface area (TPSA) is 104 Å². The van der Waals surface area contributed by atoms with Crippen molar-refractivity contribution in [3.63, 3.8) is 0 Å². The van der Waals surface area contributed by atoms with Crippen molar-refractivity contribution in [2.24, 2.45) is 5.73 Å². The number of hydrogen-bond acceptors (Lipinski definition) is 5. The van der Waals surface area contributed by atoms with Crippen molar-refractivity contribution >= 4 is 5.78 Å². The minimum atomic E-state index is -0.715. The molecule has 110 valence electrons. The standard InChI is InChI=1S/C16H17NO4/c1-16(2,17)11-6-4-3-5-10(11)14(20)9-7-12(18)15(21)13(19)8-9/h3-8,18-19,21H,17H2,1-2H3. The molecule has 5 N–H and O–H groups in total. The van der Waals surface area contributed by atoms with Crippen LogP contribution in [0.3, 0.4) is 0 Å². The average Bonchev–Trinajstić information content (AvgIpc) is 2.42. The van der Waals surface area contributed by atoms with Gasteiger partial charge in [-0.3, -0.25) is 4.79 Å². The number of carbonyl (C=O) groups excluding carboxylic acids is 1. The molecule has 2 aromatic carbocycles. The summed E-state index contributed by atoms with van der Waals surface area (Å²) in [7, 11) is 0. The van der Waals surface area contributed by atoms with Gasteiger partial charge in [0.15, 0.2) is 23.0 Å². The van der Waals surface area contributed by atoms with Crippen LogP contribution in [0.4, 0.5) is 0 Å². The van der Waals surface area contributed by atoms with Crippen molar-refractivity contribution < 1.29 is 20.1 Å². The first-order valence-corrected chi connectivity index (χ1v) is 6.40. The van der Waals surface area contributed by atoms with Gasteiger partial charge in [0.2, 0.25) is 0 Å². The highest BCUT2D eigenvalue weighted by Crippen LogP contribution is 2.36. The Morgan fingerprint density at radius 1 is 1.05 bits per heavy atom. The molecule has 0 aliphatic carbocycles. The van der Waals surface area contributed by atoms with Gasteiger partial charge in [-0.2, -0.15) is 0 Å². The van der Waals surface area contributed by atoms with E-state index in [1.165, 1.54) is 0 Å². The van der Waals surface area contributed by atoms with Gasteiger partial charge in [-0.15, -0.1) is 0 Å². The van der Waals surface area contributed by atoms with Crippen LogP contribution >= 0.6 is 0 Å². The van der Waals surface area contributed by atoms with Crippen molar-refractivity contribution in [2.75, 3.05) is 0 Å². The third-order valence-electron chi connectivity index (χ3n) is 3.20. The summed E-state index contributed by atoms with van der Waals surface area (Å²) in [6, 6.07) is 9.10. The average molecular weight is 287 g/mol. The Kier molecular flexibility index (Phi) is 3.61. The van der Waals surface area contributed by atoms with Crippen molar-refractivity contribution in [3.05, 3.63) is 53.1 Å². The van der Waals surface area contributed by atoms with Crippen LogP contribution in [0.1, 0.15) is 35.3 Å². The zero-order valence-corrected chi connectivity index (χ0v) is 11.8. The third kappa shape index (κ3) is 2.83. The zero-order valence-electron chi connectivity index (χ0n) is 11.8. The van der Waals surface area contributed by atoms with E-state index in [1.807, 2.05) is 0 Å². The normalized spacial score (nSPS) is 11.4. The summed E-state index contributed by atoms with van der Waals surface area (Å²) in [6.07, 6.45) is 0. The smallest absolute Gasteiger partial charge is 0.200 e. The highest BCUT2D eigenvalue weighted by molar-refractivity contribution is 6.10. The van der Waals surface area contributed by atoms with Gasteiger partial charge in [-0.25, -0.2) is 0 Å². The molecule has 0 fully saturated rings. The molecule has 0 saturated heterocycles. The van der Waals surface area contributed by atoms with Crippen molar-refractivity contribution in [2.45, 2.75) is 19.4 Å². The zero-order chi connectivity index (χ0) is 15.8. The lowest BCUT2D eigenvalue weighted by atomic mass is 9.87. The summed E-state index contributed by atoms with van der Waals surface area (Å²) in [4.78, 5) is 12.6. The van der Waals surface area contributed by atoms with E-state index in [0.29, 0.717) is 11.1 Å². The summed E-state index contributed by atoms with van der Waals surface area (Å²) in [6.45, 7) is 3.57. The Balaban J connectivity index is 2.56. The van der Waals surface area contributed by atoms with Crippen LogP contribution in [-0.2, 0) is 5.54 Å². The highest BCUT2D eigenvalue weighted by Gasteiger charge is 2.23. The number of rotatable bonds is 3. The molecule has 5 heteroatoms. The van der Waals surface area contributed by atoms with Gasteiger partial charge in [0.25, 0.3) is 0 Å². The van der Waals surface area contributed by atoms with Crippen molar-refractivity contribution in [1.82, 2.24) is 0 Å². The van der Waals surface area contributed by atoms with Gasteiger partial charge in [-0.1, -0.05) is 24.3 Å². The molecule has 2 aromatic rings. The van der Waals surface area contributed by atoms with E-state index in [-0.39, 0.29) is 5.56 Å². The van der Waals surface area contributed by atoms with E-state index in [0.717, 1.165) is 12.1 Å². The first kappa shape index (κ1) is 14.9. The number of phenolic OH excluding ortho intramolecular Hbond substituents is 3. The van der Waals surface area contributed by atoms with Gasteiger partial charge in [-0.05, 0) is 31.5 Å².